The molecule has 22 heavy (non-hydrogen) atoms. The number of anilines is 2. The lowest BCUT2D eigenvalue weighted by Gasteiger charge is -2.11. The van der Waals surface area contributed by atoms with Crippen LogP contribution in [-0.4, -0.2) is 16.5 Å². The van der Waals surface area contributed by atoms with E-state index in [0.717, 1.165) is 5.56 Å². The van der Waals surface area contributed by atoms with Crippen molar-refractivity contribution in [3.63, 3.8) is 0 Å². The summed E-state index contributed by atoms with van der Waals surface area (Å²) >= 11 is 0. The average Bonchev–Trinajstić information content (AvgIpc) is 2.51. The summed E-state index contributed by atoms with van der Waals surface area (Å²) in [6, 6.07) is 9.67. The summed E-state index contributed by atoms with van der Waals surface area (Å²) in [4.78, 5) is 18.1. The molecular formula is C16H15FN4O. The van der Waals surface area contributed by atoms with E-state index in [2.05, 4.69) is 15.3 Å². The second-order valence-corrected chi connectivity index (χ2v) is 4.92. The van der Waals surface area contributed by atoms with Gasteiger partial charge < -0.3 is 16.0 Å². The van der Waals surface area contributed by atoms with E-state index in [1.54, 1.807) is 30.5 Å². The molecule has 0 saturated heterocycles. The van der Waals surface area contributed by atoms with Crippen molar-refractivity contribution in [2.24, 2.45) is 5.73 Å². The fourth-order valence-electron chi connectivity index (χ4n) is 2.30. The van der Waals surface area contributed by atoms with Gasteiger partial charge in [-0.15, -0.1) is 0 Å². The van der Waals surface area contributed by atoms with Gasteiger partial charge in [0.05, 0.1) is 11.4 Å². The van der Waals surface area contributed by atoms with Crippen LogP contribution in [-0.2, 0) is 6.42 Å². The number of nitrogens with zero attached hydrogens (tertiary/aromatic N) is 1. The maximum Gasteiger partial charge on any atom is 0.249 e. The lowest BCUT2D eigenvalue weighted by Crippen LogP contribution is -2.05. The van der Waals surface area contributed by atoms with Crippen molar-refractivity contribution in [3.05, 3.63) is 64.3 Å². The summed E-state index contributed by atoms with van der Waals surface area (Å²) in [5, 5.41) is 3.77. The van der Waals surface area contributed by atoms with Crippen LogP contribution in [0.25, 0.3) is 11.0 Å². The summed E-state index contributed by atoms with van der Waals surface area (Å²) in [6.45, 7) is 0.504. The van der Waals surface area contributed by atoms with E-state index < -0.39 is 0 Å². The Morgan fingerprint density at radius 3 is 2.86 bits per heavy atom. The van der Waals surface area contributed by atoms with Crippen molar-refractivity contribution in [2.45, 2.75) is 6.42 Å². The number of aromatic amines is 1. The molecule has 0 saturated carbocycles. The molecule has 4 N–H and O–H groups in total. The smallest absolute Gasteiger partial charge is 0.249 e. The quantitative estimate of drug-likeness (QED) is 0.690. The highest BCUT2D eigenvalue weighted by Gasteiger charge is 2.07. The summed E-state index contributed by atoms with van der Waals surface area (Å²) in [7, 11) is 0. The lowest BCUT2D eigenvalue weighted by atomic mass is 10.1. The van der Waals surface area contributed by atoms with Gasteiger partial charge in [0.15, 0.2) is 0 Å². The number of nitrogens with two attached hydrogens (primary N) is 1. The van der Waals surface area contributed by atoms with Crippen molar-refractivity contribution in [3.8, 4) is 0 Å². The molecule has 2 heterocycles. The molecule has 0 fully saturated rings. The van der Waals surface area contributed by atoms with E-state index in [1.165, 1.54) is 12.1 Å². The van der Waals surface area contributed by atoms with Crippen LogP contribution >= 0.6 is 0 Å². The average molecular weight is 298 g/mol. The van der Waals surface area contributed by atoms with Gasteiger partial charge in [0.1, 0.15) is 11.5 Å². The first-order chi connectivity index (χ1) is 10.7. The molecule has 3 aromatic rings. The Kier molecular flexibility index (Phi) is 3.84. The van der Waals surface area contributed by atoms with Crippen LogP contribution in [0.5, 0.6) is 0 Å². The molecule has 0 spiro atoms. The summed E-state index contributed by atoms with van der Waals surface area (Å²) in [5.74, 6) is -0.352. The molecular weight excluding hydrogens is 283 g/mol. The highest BCUT2D eigenvalue weighted by molar-refractivity contribution is 5.90. The minimum absolute atomic E-state index is 0.228. The first kappa shape index (κ1) is 14.2. The van der Waals surface area contributed by atoms with Crippen LogP contribution in [0.15, 0.2) is 47.4 Å². The van der Waals surface area contributed by atoms with E-state index in [9.17, 15) is 9.18 Å². The first-order valence-electron chi connectivity index (χ1n) is 6.91. The van der Waals surface area contributed by atoms with Gasteiger partial charge in [-0.3, -0.25) is 4.79 Å². The predicted octanol–water partition coefficient (Wildman–Crippen LogP) is 2.31. The van der Waals surface area contributed by atoms with Crippen LogP contribution < -0.4 is 16.6 Å². The summed E-state index contributed by atoms with van der Waals surface area (Å²) in [5.41, 5.74) is 7.75. The van der Waals surface area contributed by atoms with E-state index in [-0.39, 0.29) is 11.4 Å². The van der Waals surface area contributed by atoms with Gasteiger partial charge >= 0.3 is 0 Å². The Bertz CT molecular complexity index is 875. The number of hydrogen-bond donors (Lipinski definition) is 3. The summed E-state index contributed by atoms with van der Waals surface area (Å²) in [6.07, 6.45) is 2.24. The molecule has 0 radical (unpaired) electrons. The van der Waals surface area contributed by atoms with Crippen molar-refractivity contribution in [1.29, 1.82) is 0 Å². The zero-order valence-corrected chi connectivity index (χ0v) is 11.8. The maximum absolute atomic E-state index is 14.0. The Balaban J connectivity index is 2.03. The summed E-state index contributed by atoms with van der Waals surface area (Å²) < 4.78 is 14.0. The van der Waals surface area contributed by atoms with Crippen LogP contribution in [0.4, 0.5) is 15.8 Å². The normalized spacial score (nSPS) is 10.8. The largest absolute Gasteiger partial charge is 0.352 e. The molecule has 6 heteroatoms. The van der Waals surface area contributed by atoms with Gasteiger partial charge in [0, 0.05) is 17.6 Å². The fourth-order valence-corrected chi connectivity index (χ4v) is 2.30. The van der Waals surface area contributed by atoms with Gasteiger partial charge in [0.25, 0.3) is 0 Å². The Labute approximate surface area is 126 Å². The van der Waals surface area contributed by atoms with Gasteiger partial charge in [-0.1, -0.05) is 6.07 Å². The zero-order valence-electron chi connectivity index (χ0n) is 11.8. The molecule has 0 unspecified atom stereocenters. The first-order valence-corrected chi connectivity index (χ1v) is 6.91. The number of aromatic nitrogens is 2. The monoisotopic (exact) mass is 298 g/mol. The van der Waals surface area contributed by atoms with Crippen molar-refractivity contribution in [1.82, 2.24) is 9.97 Å². The third-order valence-electron chi connectivity index (χ3n) is 3.37. The predicted molar refractivity (Wildman–Crippen MR) is 84.8 cm³/mol. The number of fused-ring (bicyclic) bond motifs is 1. The maximum atomic E-state index is 14.0. The molecule has 1 aromatic carbocycles. The molecule has 0 atom stereocenters. The number of halogens is 1. The minimum Gasteiger partial charge on any atom is -0.352 e. The highest BCUT2D eigenvalue weighted by atomic mass is 19.1. The number of hydrogen-bond acceptors (Lipinski definition) is 4. The number of rotatable bonds is 4. The third-order valence-corrected chi connectivity index (χ3v) is 3.37. The van der Waals surface area contributed by atoms with Crippen LogP contribution in [0.3, 0.4) is 0 Å². The second-order valence-electron chi connectivity index (χ2n) is 4.92. The SMILES string of the molecule is NCCc1ccc(F)c(Nc2ccnc3[nH]c(=O)ccc23)c1. The second kappa shape index (κ2) is 5.95. The standard InChI is InChI=1S/C16H15FN4O/c17-12-3-1-10(5-7-18)9-14(12)20-13-6-8-19-16-11(13)2-4-15(22)21-16/h1-4,6,8-9H,5,7,18H2,(H2,19,20,21,22). The van der Waals surface area contributed by atoms with Gasteiger partial charge in [-0.25, -0.2) is 9.37 Å². The van der Waals surface area contributed by atoms with Crippen molar-refractivity contribution in [2.75, 3.05) is 11.9 Å². The van der Waals surface area contributed by atoms with Crippen molar-refractivity contribution < 1.29 is 4.39 Å². The lowest BCUT2D eigenvalue weighted by molar-refractivity contribution is 0.631. The molecule has 3 rings (SSSR count). The van der Waals surface area contributed by atoms with Crippen LogP contribution in [0.2, 0.25) is 0 Å². The van der Waals surface area contributed by atoms with E-state index in [0.29, 0.717) is 35.4 Å². The van der Waals surface area contributed by atoms with Crippen LogP contribution in [0, 0.1) is 5.82 Å². The number of H-pyrrole nitrogens is 1. The Morgan fingerprint density at radius 1 is 1.18 bits per heavy atom. The van der Waals surface area contributed by atoms with Gasteiger partial charge in [-0.05, 0) is 42.8 Å². The van der Waals surface area contributed by atoms with E-state index in [1.807, 2.05) is 0 Å². The molecule has 2 aromatic heterocycles. The molecule has 0 bridgehead atoms. The van der Waals surface area contributed by atoms with Crippen LogP contribution in [0.1, 0.15) is 5.56 Å². The molecule has 5 nitrogen and oxygen atoms in total. The van der Waals surface area contributed by atoms with E-state index in [4.69, 9.17) is 5.73 Å². The number of pyridine rings is 2. The molecule has 0 aliphatic carbocycles. The molecule has 0 aliphatic heterocycles. The minimum atomic E-state index is -0.352. The number of benzene rings is 1. The van der Waals surface area contributed by atoms with Gasteiger partial charge in [-0.2, -0.15) is 0 Å². The topological polar surface area (TPSA) is 83.8 Å². The molecule has 112 valence electrons. The number of nitrogens with one attached hydrogen (secondary N) is 2. The highest BCUT2D eigenvalue weighted by Crippen LogP contribution is 2.25. The molecule has 0 aliphatic rings. The van der Waals surface area contributed by atoms with Gasteiger partial charge in [0.2, 0.25) is 5.56 Å². The molecule has 0 amide bonds. The Morgan fingerprint density at radius 2 is 2.05 bits per heavy atom. The third kappa shape index (κ3) is 2.82. The Hall–Kier alpha value is -2.73. The van der Waals surface area contributed by atoms with E-state index >= 15 is 0 Å². The van der Waals surface area contributed by atoms with Crippen molar-refractivity contribution >= 4 is 22.4 Å². The zero-order chi connectivity index (χ0) is 15.5. The fraction of sp³-hybridized carbons (Fsp3) is 0.125.